The summed E-state index contributed by atoms with van der Waals surface area (Å²) < 4.78 is 2.44. The number of hydrogen-bond donors (Lipinski definition) is 1. The molecule has 0 amide bonds. The fourth-order valence-electron chi connectivity index (χ4n) is 4.72. The van der Waals surface area contributed by atoms with Crippen molar-refractivity contribution in [3.8, 4) is 11.8 Å². The molecule has 0 spiro atoms. The van der Waals surface area contributed by atoms with Crippen molar-refractivity contribution in [2.24, 2.45) is 5.73 Å². The van der Waals surface area contributed by atoms with E-state index in [1.807, 2.05) is 37.3 Å². The number of benzene rings is 1. The lowest BCUT2D eigenvalue weighted by atomic mass is 9.76. The van der Waals surface area contributed by atoms with Crippen molar-refractivity contribution in [2.75, 3.05) is 4.90 Å². The number of ketones is 1. The average Bonchev–Trinajstić information content (AvgIpc) is 3.42. The normalized spacial score (nSPS) is 18.2. The van der Waals surface area contributed by atoms with Gasteiger partial charge in [-0.1, -0.05) is 66.7 Å². The van der Waals surface area contributed by atoms with E-state index in [2.05, 4.69) is 35.2 Å². The van der Waals surface area contributed by atoms with Gasteiger partial charge in [0.05, 0.1) is 28.9 Å². The first-order valence-corrected chi connectivity index (χ1v) is 13.7. The van der Waals surface area contributed by atoms with E-state index in [1.165, 1.54) is 11.3 Å². The van der Waals surface area contributed by atoms with Crippen molar-refractivity contribution < 1.29 is 4.79 Å². The predicted octanol–water partition coefficient (Wildman–Crippen LogP) is 5.49. The van der Waals surface area contributed by atoms with Crippen LogP contribution in [0.3, 0.4) is 0 Å². The minimum Gasteiger partial charge on any atom is -0.384 e. The van der Waals surface area contributed by atoms with Gasteiger partial charge >= 0.3 is 0 Å². The van der Waals surface area contributed by atoms with E-state index in [1.54, 1.807) is 21.3 Å². The molecule has 1 atom stereocenters. The largest absolute Gasteiger partial charge is 0.384 e. The Hall–Kier alpha value is -3.13. The van der Waals surface area contributed by atoms with Gasteiger partial charge in [0.25, 0.3) is 0 Å². The van der Waals surface area contributed by atoms with Crippen LogP contribution < -0.4 is 10.6 Å². The smallest absolute Gasteiger partial charge is 0.219 e. The van der Waals surface area contributed by atoms with E-state index >= 15 is 0 Å². The highest BCUT2D eigenvalue weighted by atomic mass is 35.5. The molecule has 3 heterocycles. The van der Waals surface area contributed by atoms with Crippen LogP contribution in [0.4, 0.5) is 5.13 Å². The van der Waals surface area contributed by atoms with Gasteiger partial charge in [0.1, 0.15) is 11.0 Å². The van der Waals surface area contributed by atoms with Crippen molar-refractivity contribution in [1.82, 2.24) is 20.0 Å². The maximum Gasteiger partial charge on any atom is 0.219 e. The highest BCUT2D eigenvalue weighted by molar-refractivity contribution is 8.01. The number of halogens is 1. The first-order chi connectivity index (χ1) is 17.3. The second-order valence-corrected chi connectivity index (χ2v) is 12.0. The van der Waals surface area contributed by atoms with Crippen LogP contribution in [-0.2, 0) is 4.79 Å². The van der Waals surface area contributed by atoms with Gasteiger partial charge in [0, 0.05) is 28.5 Å². The molecule has 0 saturated heterocycles. The Morgan fingerprint density at radius 2 is 2.00 bits per heavy atom. The van der Waals surface area contributed by atoms with Crippen LogP contribution in [-0.4, -0.2) is 31.0 Å². The lowest BCUT2D eigenvalue weighted by Gasteiger charge is -2.38. The Kier molecular flexibility index (Phi) is 6.64. The fraction of sp³-hybridized carbons (Fsp3) is 0.320. The number of carbonyl (C=O) groups is 1. The molecule has 0 bridgehead atoms. The van der Waals surface area contributed by atoms with Gasteiger partial charge in [-0.3, -0.25) is 9.69 Å². The summed E-state index contributed by atoms with van der Waals surface area (Å²) in [6.07, 6.45) is 1.72. The van der Waals surface area contributed by atoms with Crippen molar-refractivity contribution >= 4 is 45.6 Å². The molecule has 11 heteroatoms. The number of allylic oxidation sites excluding steroid dienone is 3. The fourth-order valence-corrected chi connectivity index (χ4v) is 7.20. The number of para-hydroxylation sites is 1. The van der Waals surface area contributed by atoms with Crippen LogP contribution in [0, 0.1) is 18.3 Å². The topological polar surface area (TPSA) is 114 Å². The molecule has 3 aromatic rings. The van der Waals surface area contributed by atoms with E-state index in [0.29, 0.717) is 51.6 Å². The van der Waals surface area contributed by atoms with Crippen LogP contribution in [0.2, 0.25) is 5.15 Å². The molecule has 0 fully saturated rings. The van der Waals surface area contributed by atoms with Crippen LogP contribution in [0.1, 0.15) is 50.3 Å². The Labute approximate surface area is 222 Å². The number of rotatable bonds is 5. The van der Waals surface area contributed by atoms with Gasteiger partial charge in [-0.25, -0.2) is 4.68 Å². The number of aromatic nitrogens is 4. The number of thioether (sulfide) groups is 1. The Morgan fingerprint density at radius 1 is 1.25 bits per heavy atom. The Balaban J connectivity index is 1.70. The van der Waals surface area contributed by atoms with E-state index < -0.39 is 5.92 Å². The first-order valence-electron chi connectivity index (χ1n) is 11.6. The highest BCUT2D eigenvalue weighted by Gasteiger charge is 2.43. The quantitative estimate of drug-likeness (QED) is 0.425. The third-order valence-corrected chi connectivity index (χ3v) is 8.53. The zero-order valence-corrected chi connectivity index (χ0v) is 22.4. The van der Waals surface area contributed by atoms with Crippen molar-refractivity contribution in [3.05, 3.63) is 69.4 Å². The Morgan fingerprint density at radius 3 is 2.69 bits per heavy atom. The number of hydrogen-bond acceptors (Lipinski definition) is 9. The summed E-state index contributed by atoms with van der Waals surface area (Å²) in [6, 6.07) is 11.8. The first kappa shape index (κ1) is 24.6. The summed E-state index contributed by atoms with van der Waals surface area (Å²) in [4.78, 5) is 15.2. The van der Waals surface area contributed by atoms with Crippen molar-refractivity contribution in [3.63, 3.8) is 0 Å². The number of aryl methyl sites for hydroxylation is 1. The molecular formula is C25H24ClN7OS2. The van der Waals surface area contributed by atoms with Crippen molar-refractivity contribution in [1.29, 1.82) is 5.26 Å². The zero-order valence-electron chi connectivity index (χ0n) is 20.0. The molecule has 0 radical (unpaired) electrons. The number of Topliss-reactive ketones (excluding diaryl/α,β-unsaturated/α-hetero) is 1. The van der Waals surface area contributed by atoms with Crippen LogP contribution >= 0.6 is 34.7 Å². The van der Waals surface area contributed by atoms with Gasteiger partial charge in [0.15, 0.2) is 10.1 Å². The summed E-state index contributed by atoms with van der Waals surface area (Å²) >= 11 is 9.92. The molecule has 1 aliphatic carbocycles. The van der Waals surface area contributed by atoms with Crippen LogP contribution in [0.5, 0.6) is 0 Å². The molecule has 1 aliphatic heterocycles. The maximum absolute atomic E-state index is 13.4. The van der Waals surface area contributed by atoms with Gasteiger partial charge in [-0.15, -0.1) is 10.2 Å². The molecule has 184 valence electrons. The molecule has 1 unspecified atom stereocenters. The highest BCUT2D eigenvalue weighted by Crippen LogP contribution is 2.49. The van der Waals surface area contributed by atoms with Gasteiger partial charge in [-0.05, 0) is 31.9 Å². The number of nitrogens with zero attached hydrogens (tertiary/aromatic N) is 6. The minimum absolute atomic E-state index is 0.0179. The number of nitrogens with two attached hydrogens (primary N) is 1. The summed E-state index contributed by atoms with van der Waals surface area (Å²) in [5, 5.41) is 24.9. The van der Waals surface area contributed by atoms with Gasteiger partial charge in [0.2, 0.25) is 5.13 Å². The molecule has 8 nitrogen and oxygen atoms in total. The van der Waals surface area contributed by atoms with Crippen LogP contribution in [0.25, 0.3) is 5.69 Å². The third kappa shape index (κ3) is 4.11. The molecule has 0 saturated carbocycles. The number of anilines is 1. The van der Waals surface area contributed by atoms with Gasteiger partial charge < -0.3 is 5.73 Å². The van der Waals surface area contributed by atoms with E-state index in [9.17, 15) is 10.1 Å². The number of nitriles is 1. The molecule has 36 heavy (non-hydrogen) atoms. The second kappa shape index (κ2) is 9.73. The van der Waals surface area contributed by atoms with E-state index in [0.717, 1.165) is 15.7 Å². The zero-order chi connectivity index (χ0) is 25.6. The summed E-state index contributed by atoms with van der Waals surface area (Å²) in [5.41, 5.74) is 10.3. The molecule has 1 aromatic carbocycles. The molecule has 2 aliphatic rings. The second-order valence-electron chi connectivity index (χ2n) is 8.87. The SMILES string of the molecule is Cc1nn(-c2ccccc2)c(Cl)c1C1C(C#N)=C(N)N(c2nnc(SC(C)C)s2)C2=C1C(=O)CCC2. The van der Waals surface area contributed by atoms with E-state index in [4.69, 9.17) is 17.3 Å². The van der Waals surface area contributed by atoms with Crippen LogP contribution in [0.15, 0.2) is 57.3 Å². The molecule has 2 N–H and O–H groups in total. The van der Waals surface area contributed by atoms with Gasteiger partial charge in [-0.2, -0.15) is 10.4 Å². The van der Waals surface area contributed by atoms with Crippen molar-refractivity contribution in [2.45, 2.75) is 55.5 Å². The molecule has 5 rings (SSSR count). The number of carbonyl (C=O) groups excluding carboxylic acids is 1. The summed E-state index contributed by atoms with van der Waals surface area (Å²) in [7, 11) is 0. The third-order valence-electron chi connectivity index (χ3n) is 6.17. The Bertz CT molecular complexity index is 1450. The maximum atomic E-state index is 13.4. The predicted molar refractivity (Wildman–Crippen MR) is 142 cm³/mol. The minimum atomic E-state index is -0.698. The molecular weight excluding hydrogens is 514 g/mol. The molecule has 2 aromatic heterocycles. The lowest BCUT2D eigenvalue weighted by molar-refractivity contribution is -0.116. The van der Waals surface area contributed by atoms with E-state index in [-0.39, 0.29) is 17.2 Å². The average molecular weight is 538 g/mol. The summed E-state index contributed by atoms with van der Waals surface area (Å²) in [5.74, 6) is -0.469. The summed E-state index contributed by atoms with van der Waals surface area (Å²) in [6.45, 7) is 6.01. The standard InChI is InChI=1S/C25H24ClN7OS2/c1-13(2)35-25-30-29-24(36-25)32-17-10-7-11-18(34)21(17)20(16(12-27)23(32)28)19-14(3)31-33(22(19)26)15-8-5-4-6-9-15/h4-6,8-9,13,20H,7,10-11,28H2,1-3H3. The lowest BCUT2D eigenvalue weighted by Crippen LogP contribution is -2.38. The monoisotopic (exact) mass is 537 g/mol.